The summed E-state index contributed by atoms with van der Waals surface area (Å²) in [5.41, 5.74) is 3.41. The van der Waals surface area contributed by atoms with Crippen molar-refractivity contribution < 1.29 is 14.6 Å². The SMILES string of the molecule is Cc1ccc(CNCc2cccc(O)c2)c(OCC2CCOC2)c1. The summed E-state index contributed by atoms with van der Waals surface area (Å²) in [6.07, 6.45) is 1.08. The smallest absolute Gasteiger partial charge is 0.124 e. The molecule has 2 aromatic rings. The fourth-order valence-electron chi connectivity index (χ4n) is 2.87. The third-order valence-corrected chi connectivity index (χ3v) is 4.28. The molecule has 1 unspecified atom stereocenters. The zero-order valence-corrected chi connectivity index (χ0v) is 14.1. The number of hydrogen-bond acceptors (Lipinski definition) is 4. The molecule has 0 aliphatic carbocycles. The molecule has 0 aromatic heterocycles. The van der Waals surface area contributed by atoms with E-state index in [0.29, 0.717) is 24.8 Å². The van der Waals surface area contributed by atoms with E-state index in [0.717, 1.165) is 43.1 Å². The molecule has 0 radical (unpaired) electrons. The minimum atomic E-state index is 0.299. The van der Waals surface area contributed by atoms with Gasteiger partial charge in [-0.3, -0.25) is 0 Å². The highest BCUT2D eigenvalue weighted by Gasteiger charge is 2.17. The number of phenols is 1. The van der Waals surface area contributed by atoms with Gasteiger partial charge in [0.1, 0.15) is 11.5 Å². The number of benzene rings is 2. The lowest BCUT2D eigenvalue weighted by Gasteiger charge is -2.15. The fraction of sp³-hybridized carbons (Fsp3) is 0.400. The molecule has 128 valence electrons. The van der Waals surface area contributed by atoms with Crippen molar-refractivity contribution in [3.05, 3.63) is 59.2 Å². The van der Waals surface area contributed by atoms with Crippen LogP contribution in [-0.2, 0) is 17.8 Å². The molecule has 1 atom stereocenters. The van der Waals surface area contributed by atoms with E-state index in [2.05, 4.69) is 30.4 Å². The average molecular weight is 327 g/mol. The largest absolute Gasteiger partial charge is 0.508 e. The minimum absolute atomic E-state index is 0.299. The summed E-state index contributed by atoms with van der Waals surface area (Å²) in [5, 5.41) is 12.9. The van der Waals surface area contributed by atoms with Crippen LogP contribution in [0.1, 0.15) is 23.1 Å². The molecule has 1 fully saturated rings. The molecule has 2 N–H and O–H groups in total. The second-order valence-electron chi connectivity index (χ2n) is 6.43. The van der Waals surface area contributed by atoms with Crippen molar-refractivity contribution in [3.63, 3.8) is 0 Å². The summed E-state index contributed by atoms with van der Waals surface area (Å²) in [5.74, 6) is 1.75. The van der Waals surface area contributed by atoms with Gasteiger partial charge in [0, 0.05) is 31.2 Å². The molecule has 24 heavy (non-hydrogen) atoms. The fourth-order valence-corrected chi connectivity index (χ4v) is 2.87. The van der Waals surface area contributed by atoms with Crippen molar-refractivity contribution in [2.45, 2.75) is 26.4 Å². The molecule has 1 heterocycles. The van der Waals surface area contributed by atoms with Crippen LogP contribution in [0.15, 0.2) is 42.5 Å². The van der Waals surface area contributed by atoms with E-state index in [1.54, 1.807) is 12.1 Å². The van der Waals surface area contributed by atoms with Crippen molar-refractivity contribution in [2.24, 2.45) is 5.92 Å². The van der Waals surface area contributed by atoms with Gasteiger partial charge < -0.3 is 19.9 Å². The topological polar surface area (TPSA) is 50.7 Å². The molecule has 4 nitrogen and oxygen atoms in total. The van der Waals surface area contributed by atoms with Crippen LogP contribution < -0.4 is 10.1 Å². The Morgan fingerprint density at radius 2 is 2.12 bits per heavy atom. The molecule has 1 aliphatic heterocycles. The molecular weight excluding hydrogens is 302 g/mol. The van der Waals surface area contributed by atoms with Crippen molar-refractivity contribution in [1.29, 1.82) is 0 Å². The van der Waals surface area contributed by atoms with Gasteiger partial charge in [-0.15, -0.1) is 0 Å². The number of aryl methyl sites for hydroxylation is 1. The van der Waals surface area contributed by atoms with Crippen LogP contribution in [0.3, 0.4) is 0 Å². The molecule has 0 spiro atoms. The van der Waals surface area contributed by atoms with Crippen molar-refractivity contribution in [2.75, 3.05) is 19.8 Å². The highest BCUT2D eigenvalue weighted by molar-refractivity contribution is 5.37. The molecule has 0 saturated carbocycles. The Morgan fingerprint density at radius 1 is 1.21 bits per heavy atom. The molecule has 1 aliphatic rings. The Morgan fingerprint density at radius 3 is 2.92 bits per heavy atom. The normalized spacial score (nSPS) is 17.1. The van der Waals surface area contributed by atoms with Gasteiger partial charge in [0.25, 0.3) is 0 Å². The zero-order chi connectivity index (χ0) is 16.8. The maximum atomic E-state index is 9.52. The van der Waals surface area contributed by atoms with Gasteiger partial charge in [0.2, 0.25) is 0 Å². The van der Waals surface area contributed by atoms with Gasteiger partial charge in [0.15, 0.2) is 0 Å². The van der Waals surface area contributed by atoms with E-state index in [9.17, 15) is 5.11 Å². The van der Waals surface area contributed by atoms with Crippen molar-refractivity contribution in [1.82, 2.24) is 5.32 Å². The third-order valence-electron chi connectivity index (χ3n) is 4.28. The third kappa shape index (κ3) is 4.73. The summed E-state index contributed by atoms with van der Waals surface area (Å²) >= 11 is 0. The summed E-state index contributed by atoms with van der Waals surface area (Å²) in [7, 11) is 0. The number of aromatic hydroxyl groups is 1. The van der Waals surface area contributed by atoms with Gasteiger partial charge in [0.05, 0.1) is 13.2 Å². The lowest BCUT2D eigenvalue weighted by Crippen LogP contribution is -2.16. The first-order valence-electron chi connectivity index (χ1n) is 8.49. The van der Waals surface area contributed by atoms with Gasteiger partial charge in [-0.2, -0.15) is 0 Å². The van der Waals surface area contributed by atoms with Crippen LogP contribution in [0.5, 0.6) is 11.5 Å². The average Bonchev–Trinajstić information content (AvgIpc) is 3.08. The number of rotatable bonds is 7. The molecule has 1 saturated heterocycles. The highest BCUT2D eigenvalue weighted by Crippen LogP contribution is 2.23. The van der Waals surface area contributed by atoms with E-state index in [1.165, 1.54) is 5.56 Å². The second-order valence-corrected chi connectivity index (χ2v) is 6.43. The van der Waals surface area contributed by atoms with Crippen LogP contribution in [0.25, 0.3) is 0 Å². The summed E-state index contributed by atoms with van der Waals surface area (Å²) in [6, 6.07) is 13.6. The number of ether oxygens (including phenoxy) is 2. The van der Waals surface area contributed by atoms with Crippen LogP contribution in [-0.4, -0.2) is 24.9 Å². The summed E-state index contributed by atoms with van der Waals surface area (Å²) in [4.78, 5) is 0. The summed E-state index contributed by atoms with van der Waals surface area (Å²) < 4.78 is 11.5. The van der Waals surface area contributed by atoms with E-state index >= 15 is 0 Å². The Bertz CT molecular complexity index is 666. The van der Waals surface area contributed by atoms with E-state index in [4.69, 9.17) is 9.47 Å². The predicted molar refractivity (Wildman–Crippen MR) is 94.3 cm³/mol. The Balaban J connectivity index is 1.57. The molecule has 0 amide bonds. The van der Waals surface area contributed by atoms with E-state index in [1.807, 2.05) is 12.1 Å². The molecule has 3 rings (SSSR count). The van der Waals surface area contributed by atoms with Crippen LogP contribution in [0.4, 0.5) is 0 Å². The lowest BCUT2D eigenvalue weighted by atomic mass is 10.1. The van der Waals surface area contributed by atoms with Crippen LogP contribution >= 0.6 is 0 Å². The second kappa shape index (κ2) is 8.18. The minimum Gasteiger partial charge on any atom is -0.508 e. The predicted octanol–water partition coefficient (Wildman–Crippen LogP) is 3.41. The van der Waals surface area contributed by atoms with Gasteiger partial charge in [-0.25, -0.2) is 0 Å². The van der Waals surface area contributed by atoms with Gasteiger partial charge in [-0.05, 0) is 42.7 Å². The van der Waals surface area contributed by atoms with Crippen LogP contribution in [0.2, 0.25) is 0 Å². The standard InChI is InChI=1S/C20H25NO3/c1-15-5-6-18(12-21-11-16-3-2-4-19(22)10-16)20(9-15)24-14-17-7-8-23-13-17/h2-6,9-10,17,21-22H,7-8,11-14H2,1H3. The Labute approximate surface area is 143 Å². The maximum Gasteiger partial charge on any atom is 0.124 e. The number of phenolic OH excluding ortho intramolecular Hbond substituents is 1. The van der Waals surface area contributed by atoms with E-state index < -0.39 is 0 Å². The Kier molecular flexibility index (Phi) is 5.72. The Hall–Kier alpha value is -2.04. The molecule has 2 aromatic carbocycles. The first-order valence-corrected chi connectivity index (χ1v) is 8.49. The first kappa shape index (κ1) is 16.8. The quantitative estimate of drug-likeness (QED) is 0.818. The molecular formula is C20H25NO3. The highest BCUT2D eigenvalue weighted by atomic mass is 16.5. The monoisotopic (exact) mass is 327 g/mol. The van der Waals surface area contributed by atoms with Gasteiger partial charge in [-0.1, -0.05) is 24.3 Å². The molecule has 0 bridgehead atoms. The number of nitrogens with one attached hydrogen (secondary N) is 1. The van der Waals surface area contributed by atoms with E-state index in [-0.39, 0.29) is 0 Å². The molecule has 4 heteroatoms. The lowest BCUT2D eigenvalue weighted by molar-refractivity contribution is 0.166. The maximum absolute atomic E-state index is 9.52. The van der Waals surface area contributed by atoms with Crippen LogP contribution in [0, 0.1) is 12.8 Å². The number of hydrogen-bond donors (Lipinski definition) is 2. The van der Waals surface area contributed by atoms with Gasteiger partial charge >= 0.3 is 0 Å². The first-order chi connectivity index (χ1) is 11.7. The zero-order valence-electron chi connectivity index (χ0n) is 14.1. The van der Waals surface area contributed by atoms with Crippen molar-refractivity contribution >= 4 is 0 Å². The summed E-state index contributed by atoms with van der Waals surface area (Å²) in [6.45, 7) is 5.88. The van der Waals surface area contributed by atoms with Crippen molar-refractivity contribution in [3.8, 4) is 11.5 Å².